The van der Waals surface area contributed by atoms with Crippen LogP contribution in [0, 0.1) is 0 Å². The third-order valence-electron chi connectivity index (χ3n) is 4.01. The smallest absolute Gasteiger partial charge is 0.475 e. The van der Waals surface area contributed by atoms with Gasteiger partial charge >= 0.3 is 12.1 Å². The predicted molar refractivity (Wildman–Crippen MR) is 95.1 cm³/mol. The minimum Gasteiger partial charge on any atom is -0.475 e. The highest BCUT2D eigenvalue weighted by Gasteiger charge is 2.38. The van der Waals surface area contributed by atoms with Crippen LogP contribution in [0.3, 0.4) is 0 Å². The Morgan fingerprint density at radius 2 is 2.07 bits per heavy atom. The minimum absolute atomic E-state index is 0.0585. The second-order valence-electron chi connectivity index (χ2n) is 6.17. The van der Waals surface area contributed by atoms with E-state index in [-0.39, 0.29) is 18.0 Å². The summed E-state index contributed by atoms with van der Waals surface area (Å²) in [5.74, 6) is -2.21. The van der Waals surface area contributed by atoms with Gasteiger partial charge in [-0.15, -0.1) is 0 Å². The van der Waals surface area contributed by atoms with Crippen molar-refractivity contribution in [3.63, 3.8) is 0 Å². The number of amides is 1. The lowest BCUT2D eigenvalue weighted by atomic mass is 10.3. The standard InChI is InChI=1S/C15H19N5O2.C2HF3O2/c1-19-6-2-4-12(19)15(22)17-9-11-8-14(21)20-7-3-5-16-10-13(20)18-11;3-2(4,5)1(6)7/h2,4,6,8,16H,3,5,7,9-10H2,1H3,(H,17,22);(H,6,7). The van der Waals surface area contributed by atoms with Gasteiger partial charge in [-0.1, -0.05) is 0 Å². The molecule has 29 heavy (non-hydrogen) atoms. The van der Waals surface area contributed by atoms with Crippen LogP contribution in [0.2, 0.25) is 0 Å². The number of hydrogen-bond donors (Lipinski definition) is 3. The molecule has 3 rings (SSSR count). The van der Waals surface area contributed by atoms with Crippen molar-refractivity contribution in [3.8, 4) is 0 Å². The van der Waals surface area contributed by atoms with E-state index < -0.39 is 12.1 Å². The number of carboxylic acid groups (broad SMARTS) is 1. The van der Waals surface area contributed by atoms with Crippen LogP contribution in [-0.2, 0) is 31.5 Å². The van der Waals surface area contributed by atoms with Gasteiger partial charge in [0.15, 0.2) is 0 Å². The van der Waals surface area contributed by atoms with Crippen LogP contribution < -0.4 is 16.2 Å². The third kappa shape index (κ3) is 6.17. The van der Waals surface area contributed by atoms with Gasteiger partial charge in [-0.3, -0.25) is 14.2 Å². The van der Waals surface area contributed by atoms with E-state index >= 15 is 0 Å². The molecule has 9 nitrogen and oxygen atoms in total. The van der Waals surface area contributed by atoms with Crippen LogP contribution in [0.1, 0.15) is 28.4 Å². The van der Waals surface area contributed by atoms with Crippen LogP contribution in [0.5, 0.6) is 0 Å². The Labute approximate surface area is 163 Å². The lowest BCUT2D eigenvalue weighted by Crippen LogP contribution is -2.29. The van der Waals surface area contributed by atoms with Crippen molar-refractivity contribution in [2.45, 2.75) is 32.2 Å². The molecule has 158 valence electrons. The number of aliphatic carboxylic acids is 1. The molecule has 0 fully saturated rings. The molecule has 2 aromatic heterocycles. The van der Waals surface area contributed by atoms with E-state index in [9.17, 15) is 22.8 Å². The summed E-state index contributed by atoms with van der Waals surface area (Å²) in [6, 6.07) is 5.06. The number of aryl methyl sites for hydroxylation is 1. The first-order valence-corrected chi connectivity index (χ1v) is 8.59. The van der Waals surface area contributed by atoms with E-state index in [0.717, 1.165) is 18.8 Å². The molecular formula is C17H20F3N5O4. The van der Waals surface area contributed by atoms with Crippen molar-refractivity contribution in [2.24, 2.45) is 7.05 Å². The van der Waals surface area contributed by atoms with Gasteiger partial charge in [-0.05, 0) is 25.1 Å². The SMILES string of the molecule is Cn1cccc1C(=O)NCc1cc(=O)n2c(n1)CNCCC2.O=C(O)C(F)(F)F. The van der Waals surface area contributed by atoms with Crippen molar-refractivity contribution >= 4 is 11.9 Å². The fourth-order valence-electron chi connectivity index (χ4n) is 2.59. The Morgan fingerprint density at radius 3 is 2.66 bits per heavy atom. The van der Waals surface area contributed by atoms with Crippen molar-refractivity contribution in [2.75, 3.05) is 6.54 Å². The topological polar surface area (TPSA) is 118 Å². The largest absolute Gasteiger partial charge is 0.490 e. The maximum Gasteiger partial charge on any atom is 0.490 e. The molecule has 0 unspecified atom stereocenters. The van der Waals surface area contributed by atoms with Gasteiger partial charge in [0.25, 0.3) is 11.5 Å². The molecule has 3 heterocycles. The van der Waals surface area contributed by atoms with Crippen LogP contribution in [0.15, 0.2) is 29.2 Å². The van der Waals surface area contributed by atoms with Crippen molar-refractivity contribution in [3.05, 3.63) is 52.0 Å². The minimum atomic E-state index is -5.08. The number of halogens is 3. The Kier molecular flexibility index (Phi) is 7.15. The van der Waals surface area contributed by atoms with E-state index in [0.29, 0.717) is 24.5 Å². The first-order valence-electron chi connectivity index (χ1n) is 8.59. The molecule has 0 spiro atoms. The van der Waals surface area contributed by atoms with Gasteiger partial charge < -0.3 is 20.3 Å². The average molecular weight is 415 g/mol. The molecule has 0 aliphatic carbocycles. The van der Waals surface area contributed by atoms with Gasteiger partial charge in [0.05, 0.1) is 18.8 Å². The normalized spacial score (nSPS) is 13.5. The number of fused-ring (bicyclic) bond motifs is 1. The summed E-state index contributed by atoms with van der Waals surface area (Å²) in [6.07, 6.45) is -2.36. The first-order chi connectivity index (χ1) is 13.6. The summed E-state index contributed by atoms with van der Waals surface area (Å²) in [4.78, 5) is 37.6. The number of nitrogens with one attached hydrogen (secondary N) is 2. The lowest BCUT2D eigenvalue weighted by Gasteiger charge is -2.11. The lowest BCUT2D eigenvalue weighted by molar-refractivity contribution is -0.192. The number of hydrogen-bond acceptors (Lipinski definition) is 5. The molecule has 0 saturated heterocycles. The Hall–Kier alpha value is -3.15. The van der Waals surface area contributed by atoms with E-state index in [1.165, 1.54) is 6.07 Å². The quantitative estimate of drug-likeness (QED) is 0.677. The molecule has 1 amide bonds. The molecule has 0 saturated carbocycles. The van der Waals surface area contributed by atoms with E-state index in [1.807, 2.05) is 19.3 Å². The zero-order valence-corrected chi connectivity index (χ0v) is 15.5. The molecule has 0 bridgehead atoms. The van der Waals surface area contributed by atoms with Crippen molar-refractivity contribution in [1.82, 2.24) is 24.8 Å². The van der Waals surface area contributed by atoms with Crippen molar-refractivity contribution < 1.29 is 27.9 Å². The van der Waals surface area contributed by atoms with Crippen LogP contribution >= 0.6 is 0 Å². The Morgan fingerprint density at radius 1 is 1.38 bits per heavy atom. The second-order valence-corrected chi connectivity index (χ2v) is 6.17. The van der Waals surface area contributed by atoms with Gasteiger partial charge in [0, 0.05) is 25.9 Å². The summed E-state index contributed by atoms with van der Waals surface area (Å²) in [5.41, 5.74) is 1.10. The van der Waals surface area contributed by atoms with Crippen LogP contribution in [-0.4, -0.2) is 43.8 Å². The van der Waals surface area contributed by atoms with E-state index in [1.54, 1.807) is 15.2 Å². The molecule has 3 N–H and O–H groups in total. The summed E-state index contributed by atoms with van der Waals surface area (Å²) in [7, 11) is 1.81. The molecule has 1 aliphatic heterocycles. The number of alkyl halides is 3. The zero-order chi connectivity index (χ0) is 21.6. The fourth-order valence-corrected chi connectivity index (χ4v) is 2.59. The predicted octanol–water partition coefficient (Wildman–Crippen LogP) is 0.638. The van der Waals surface area contributed by atoms with E-state index in [2.05, 4.69) is 15.6 Å². The monoisotopic (exact) mass is 415 g/mol. The number of nitrogens with zero attached hydrogens (tertiary/aromatic N) is 3. The highest BCUT2D eigenvalue weighted by molar-refractivity contribution is 5.92. The molecule has 12 heteroatoms. The number of carbonyl (C=O) groups is 2. The van der Waals surface area contributed by atoms with Gasteiger partial charge in [-0.2, -0.15) is 13.2 Å². The van der Waals surface area contributed by atoms with Gasteiger partial charge in [0.1, 0.15) is 11.5 Å². The van der Waals surface area contributed by atoms with Gasteiger partial charge in [-0.25, -0.2) is 9.78 Å². The molecular weight excluding hydrogens is 395 g/mol. The summed E-state index contributed by atoms with van der Waals surface area (Å²) in [5, 5.41) is 13.2. The summed E-state index contributed by atoms with van der Waals surface area (Å²) in [6.45, 7) is 2.38. The molecule has 0 radical (unpaired) electrons. The number of rotatable bonds is 3. The van der Waals surface area contributed by atoms with Crippen molar-refractivity contribution in [1.29, 1.82) is 0 Å². The Balaban J connectivity index is 0.000000370. The highest BCUT2D eigenvalue weighted by Crippen LogP contribution is 2.13. The molecule has 1 aliphatic rings. The number of carboxylic acids is 1. The van der Waals surface area contributed by atoms with E-state index in [4.69, 9.17) is 9.90 Å². The van der Waals surface area contributed by atoms with Gasteiger partial charge in [0.2, 0.25) is 0 Å². The summed E-state index contributed by atoms with van der Waals surface area (Å²) >= 11 is 0. The van der Waals surface area contributed by atoms with Crippen LogP contribution in [0.4, 0.5) is 13.2 Å². The highest BCUT2D eigenvalue weighted by atomic mass is 19.4. The molecule has 0 aromatic carbocycles. The first kappa shape index (κ1) is 22.1. The molecule has 0 atom stereocenters. The van der Waals surface area contributed by atoms with Crippen LogP contribution in [0.25, 0.3) is 0 Å². The maximum atomic E-state index is 12.1. The average Bonchev–Trinajstić information content (AvgIpc) is 2.92. The molecule has 2 aromatic rings. The number of carbonyl (C=O) groups excluding carboxylic acids is 1. The maximum absolute atomic E-state index is 12.1. The Bertz CT molecular complexity index is 936. The third-order valence-corrected chi connectivity index (χ3v) is 4.01. The summed E-state index contributed by atoms with van der Waals surface area (Å²) < 4.78 is 35.2. The second kappa shape index (κ2) is 9.37. The number of aromatic nitrogens is 3. The zero-order valence-electron chi connectivity index (χ0n) is 15.5. The fraction of sp³-hybridized carbons (Fsp3) is 0.412.